The minimum Gasteiger partial charge on any atom is -0.495 e. The van der Waals surface area contributed by atoms with Crippen molar-refractivity contribution in [3.63, 3.8) is 0 Å². The van der Waals surface area contributed by atoms with Gasteiger partial charge in [-0.25, -0.2) is 0 Å². The lowest BCUT2D eigenvalue weighted by molar-refractivity contribution is -0.138. The highest BCUT2D eigenvalue weighted by molar-refractivity contribution is 6.01. The first kappa shape index (κ1) is 23.0. The maximum Gasteiger partial charge on any atom is 0.231 e. The van der Waals surface area contributed by atoms with Gasteiger partial charge in [0.1, 0.15) is 5.75 Å². The summed E-state index contributed by atoms with van der Waals surface area (Å²) in [6, 6.07) is 11.0. The number of benzene rings is 2. The average molecular weight is 480 g/mol. The van der Waals surface area contributed by atoms with Crippen LogP contribution in [-0.2, 0) is 14.4 Å². The maximum absolute atomic E-state index is 13.2. The fourth-order valence-corrected chi connectivity index (χ4v) is 4.96. The molecule has 9 heteroatoms. The number of amides is 3. The third-order valence-electron chi connectivity index (χ3n) is 6.92. The van der Waals surface area contributed by atoms with Crippen LogP contribution >= 0.6 is 0 Å². The first-order valence-electron chi connectivity index (χ1n) is 11.9. The van der Waals surface area contributed by atoms with Crippen LogP contribution in [0.15, 0.2) is 36.4 Å². The van der Waals surface area contributed by atoms with E-state index in [0.29, 0.717) is 61.1 Å². The Kier molecular flexibility index (Phi) is 6.23. The van der Waals surface area contributed by atoms with Crippen LogP contribution in [0.3, 0.4) is 0 Å². The van der Waals surface area contributed by atoms with Crippen LogP contribution < -0.4 is 24.4 Å². The zero-order valence-corrected chi connectivity index (χ0v) is 19.9. The summed E-state index contributed by atoms with van der Waals surface area (Å²) in [5, 5.41) is 2.94. The number of nitrogens with one attached hydrogen (secondary N) is 1. The summed E-state index contributed by atoms with van der Waals surface area (Å²) in [6.07, 6.45) is 1.34. The van der Waals surface area contributed by atoms with Crippen molar-refractivity contribution in [3.8, 4) is 17.2 Å². The monoisotopic (exact) mass is 479 g/mol. The molecule has 1 N–H and O–H groups in total. The predicted molar refractivity (Wildman–Crippen MR) is 129 cm³/mol. The van der Waals surface area contributed by atoms with Crippen molar-refractivity contribution in [2.45, 2.75) is 26.2 Å². The third-order valence-corrected chi connectivity index (χ3v) is 6.92. The average Bonchev–Trinajstić information content (AvgIpc) is 3.49. The number of fused-ring (bicyclic) bond motifs is 1. The van der Waals surface area contributed by atoms with Crippen molar-refractivity contribution in [2.24, 2.45) is 11.8 Å². The van der Waals surface area contributed by atoms with Crippen LogP contribution in [0.4, 0.5) is 11.4 Å². The van der Waals surface area contributed by atoms with Gasteiger partial charge < -0.3 is 29.3 Å². The van der Waals surface area contributed by atoms with E-state index >= 15 is 0 Å². The van der Waals surface area contributed by atoms with E-state index < -0.39 is 5.92 Å². The van der Waals surface area contributed by atoms with Gasteiger partial charge in [-0.2, -0.15) is 0 Å². The van der Waals surface area contributed by atoms with Crippen molar-refractivity contribution in [1.29, 1.82) is 0 Å². The van der Waals surface area contributed by atoms with Crippen LogP contribution in [0.1, 0.15) is 24.8 Å². The molecule has 0 bridgehead atoms. The molecule has 0 saturated carbocycles. The number of anilines is 2. The van der Waals surface area contributed by atoms with E-state index in [2.05, 4.69) is 5.32 Å². The minimum atomic E-state index is -0.397. The quantitative estimate of drug-likeness (QED) is 0.708. The number of ether oxygens (including phenoxy) is 3. The van der Waals surface area contributed by atoms with E-state index in [1.807, 2.05) is 25.1 Å². The number of rotatable bonds is 5. The number of nitrogens with zero attached hydrogens (tertiary/aromatic N) is 2. The number of hydrogen-bond acceptors (Lipinski definition) is 6. The Balaban J connectivity index is 1.16. The second-order valence-corrected chi connectivity index (χ2v) is 9.24. The Morgan fingerprint density at radius 2 is 1.80 bits per heavy atom. The molecular formula is C26H29N3O6. The topological polar surface area (TPSA) is 97.4 Å². The number of aryl methyl sites for hydroxylation is 1. The molecule has 2 aromatic rings. The lowest BCUT2D eigenvalue weighted by atomic mass is 9.94. The number of methoxy groups -OCH3 is 1. The largest absolute Gasteiger partial charge is 0.495 e. The van der Waals surface area contributed by atoms with Gasteiger partial charge in [0, 0.05) is 43.7 Å². The van der Waals surface area contributed by atoms with Crippen molar-refractivity contribution in [2.75, 3.05) is 43.8 Å². The fraction of sp³-hybridized carbons (Fsp3) is 0.423. The summed E-state index contributed by atoms with van der Waals surface area (Å²) in [7, 11) is 1.57. The van der Waals surface area contributed by atoms with Crippen LogP contribution in [0, 0.1) is 18.8 Å². The summed E-state index contributed by atoms with van der Waals surface area (Å²) in [6.45, 7) is 3.47. The second kappa shape index (κ2) is 9.48. The smallest absolute Gasteiger partial charge is 0.231 e. The summed E-state index contributed by atoms with van der Waals surface area (Å²) in [5.41, 5.74) is 2.38. The second-order valence-electron chi connectivity index (χ2n) is 9.24. The SMILES string of the molecule is COc1ccc(C)cc1N1C[C@H](C(=O)N2CCC(C(=O)Nc3ccc4c(c3)OCO4)CC2)CC1=O. The summed E-state index contributed by atoms with van der Waals surface area (Å²) < 4.78 is 16.1. The van der Waals surface area contributed by atoms with Crippen molar-refractivity contribution in [3.05, 3.63) is 42.0 Å². The van der Waals surface area contributed by atoms with Gasteiger partial charge in [-0.3, -0.25) is 14.4 Å². The molecular weight excluding hydrogens is 450 g/mol. The van der Waals surface area contributed by atoms with Crippen molar-refractivity contribution >= 4 is 29.1 Å². The first-order chi connectivity index (χ1) is 16.9. The van der Waals surface area contributed by atoms with E-state index in [9.17, 15) is 14.4 Å². The fourth-order valence-electron chi connectivity index (χ4n) is 4.96. The Hall–Kier alpha value is -3.75. The van der Waals surface area contributed by atoms with Crippen molar-refractivity contribution < 1.29 is 28.6 Å². The van der Waals surface area contributed by atoms with Crippen LogP contribution in [0.2, 0.25) is 0 Å². The number of piperidine rings is 1. The van der Waals surface area contributed by atoms with Gasteiger partial charge in [-0.1, -0.05) is 6.07 Å². The normalized spacial score (nSPS) is 19.7. The van der Waals surface area contributed by atoms with Crippen molar-refractivity contribution in [1.82, 2.24) is 4.90 Å². The Labute approximate surface area is 203 Å². The molecule has 2 aromatic carbocycles. The van der Waals surface area contributed by atoms with Crippen LogP contribution in [0.25, 0.3) is 0 Å². The summed E-state index contributed by atoms with van der Waals surface area (Å²) >= 11 is 0. The standard InChI is InChI=1S/C26H29N3O6/c1-16-3-5-21(33-2)20(11-16)29-14-18(12-24(29)30)26(32)28-9-7-17(8-10-28)25(31)27-19-4-6-22-23(13-19)35-15-34-22/h3-6,11,13,17-18H,7-10,12,14-15H2,1-2H3,(H,27,31)/t18-/m1/s1. The maximum atomic E-state index is 13.2. The first-order valence-corrected chi connectivity index (χ1v) is 11.9. The molecule has 3 aliphatic heterocycles. The molecule has 2 saturated heterocycles. The van der Waals surface area contributed by atoms with Crippen LogP contribution in [-0.4, -0.2) is 56.2 Å². The van der Waals surface area contributed by atoms with E-state index in [1.54, 1.807) is 35.1 Å². The summed E-state index contributed by atoms with van der Waals surface area (Å²) in [4.78, 5) is 42.2. The molecule has 0 aliphatic carbocycles. The zero-order valence-electron chi connectivity index (χ0n) is 19.9. The van der Waals surface area contributed by atoms with E-state index in [0.717, 1.165) is 5.56 Å². The Bertz CT molecular complexity index is 1160. The molecule has 3 aliphatic rings. The van der Waals surface area contributed by atoms with E-state index in [4.69, 9.17) is 14.2 Å². The summed E-state index contributed by atoms with van der Waals surface area (Å²) in [5.74, 6) is 1.16. The van der Waals surface area contributed by atoms with Gasteiger partial charge in [0.2, 0.25) is 24.5 Å². The van der Waals surface area contributed by atoms with Gasteiger partial charge >= 0.3 is 0 Å². The van der Waals surface area contributed by atoms with Gasteiger partial charge in [0.15, 0.2) is 11.5 Å². The molecule has 184 valence electrons. The molecule has 35 heavy (non-hydrogen) atoms. The van der Waals surface area contributed by atoms with Gasteiger partial charge in [-0.05, 0) is 49.6 Å². The Morgan fingerprint density at radius 1 is 1.03 bits per heavy atom. The number of likely N-dealkylation sites (tertiary alicyclic amines) is 1. The molecule has 5 rings (SSSR count). The third kappa shape index (κ3) is 4.62. The number of hydrogen-bond donors (Lipinski definition) is 1. The molecule has 3 amide bonds. The lowest BCUT2D eigenvalue weighted by Crippen LogP contribution is -2.44. The molecule has 0 radical (unpaired) electrons. The van der Waals surface area contributed by atoms with Crippen LogP contribution in [0.5, 0.6) is 17.2 Å². The van der Waals surface area contributed by atoms with E-state index in [1.165, 1.54) is 0 Å². The lowest BCUT2D eigenvalue weighted by Gasteiger charge is -2.33. The number of carbonyl (C=O) groups excluding carboxylic acids is 3. The van der Waals surface area contributed by atoms with Gasteiger partial charge in [0.25, 0.3) is 0 Å². The molecule has 1 atom stereocenters. The molecule has 2 fully saturated rings. The highest BCUT2D eigenvalue weighted by Gasteiger charge is 2.39. The zero-order chi connectivity index (χ0) is 24.5. The molecule has 0 spiro atoms. The highest BCUT2D eigenvalue weighted by atomic mass is 16.7. The molecule has 3 heterocycles. The predicted octanol–water partition coefficient (Wildman–Crippen LogP) is 2.96. The van der Waals surface area contributed by atoms with Gasteiger partial charge in [0.05, 0.1) is 18.7 Å². The van der Waals surface area contributed by atoms with Gasteiger partial charge in [-0.15, -0.1) is 0 Å². The Morgan fingerprint density at radius 3 is 2.57 bits per heavy atom. The van der Waals surface area contributed by atoms with E-state index in [-0.39, 0.29) is 36.9 Å². The number of carbonyl (C=O) groups is 3. The highest BCUT2D eigenvalue weighted by Crippen LogP contribution is 2.36. The molecule has 0 unspecified atom stereocenters. The molecule has 0 aromatic heterocycles. The molecule has 9 nitrogen and oxygen atoms in total. The minimum absolute atomic E-state index is 0.0258.